The molecule has 0 aromatic heterocycles. The number of hydrogen-bond acceptors (Lipinski definition) is 6. The third-order valence-corrected chi connectivity index (χ3v) is 7.54. The van der Waals surface area contributed by atoms with Crippen molar-refractivity contribution in [1.29, 1.82) is 0 Å². The summed E-state index contributed by atoms with van der Waals surface area (Å²) in [5, 5.41) is 0. The number of carbonyl (C=O) groups is 1. The molecule has 4 fully saturated rings. The SMILES string of the molecule is C/C=C1/CN(C(=O)OC)[C@H]2C[C@]3(C(OC)=Nc4cc(OC)ccc43)[C@@H]3C[C@@H]1C2CO3. The topological polar surface area (TPSA) is 69.6 Å². The van der Waals surface area contributed by atoms with Crippen molar-refractivity contribution < 1.29 is 23.7 Å². The molecular weight excluding hydrogens is 384 g/mol. The number of nitrogens with zero attached hydrogens (tertiary/aromatic N) is 2. The van der Waals surface area contributed by atoms with Gasteiger partial charge < -0.3 is 23.8 Å². The van der Waals surface area contributed by atoms with Crippen molar-refractivity contribution in [3.63, 3.8) is 0 Å². The monoisotopic (exact) mass is 412 g/mol. The van der Waals surface area contributed by atoms with E-state index in [0.29, 0.717) is 31.4 Å². The van der Waals surface area contributed by atoms with Crippen LogP contribution in [0.4, 0.5) is 10.5 Å². The highest BCUT2D eigenvalue weighted by Gasteiger charge is 2.62. The van der Waals surface area contributed by atoms with Gasteiger partial charge in [-0.3, -0.25) is 0 Å². The fourth-order valence-electron chi connectivity index (χ4n) is 6.14. The first-order valence-corrected chi connectivity index (χ1v) is 10.5. The summed E-state index contributed by atoms with van der Waals surface area (Å²) in [7, 11) is 4.77. The van der Waals surface area contributed by atoms with Crippen LogP contribution in [0.3, 0.4) is 0 Å². The summed E-state index contributed by atoms with van der Waals surface area (Å²) >= 11 is 0. The van der Waals surface area contributed by atoms with Crippen molar-refractivity contribution in [1.82, 2.24) is 4.90 Å². The van der Waals surface area contributed by atoms with Crippen LogP contribution >= 0.6 is 0 Å². The number of amides is 1. The van der Waals surface area contributed by atoms with Gasteiger partial charge in [0, 0.05) is 24.6 Å². The number of allylic oxidation sites excluding steroid dienone is 1. The van der Waals surface area contributed by atoms with Gasteiger partial charge in [-0.15, -0.1) is 0 Å². The van der Waals surface area contributed by atoms with Crippen LogP contribution in [0, 0.1) is 11.8 Å². The number of carbonyl (C=O) groups excluding carboxylic acids is 1. The zero-order valence-corrected chi connectivity index (χ0v) is 17.9. The van der Waals surface area contributed by atoms with E-state index in [4.69, 9.17) is 23.9 Å². The van der Waals surface area contributed by atoms with Crippen molar-refractivity contribution >= 4 is 17.7 Å². The normalized spacial score (nSPS) is 35.1. The van der Waals surface area contributed by atoms with Gasteiger partial charge in [0.2, 0.25) is 5.90 Å². The summed E-state index contributed by atoms with van der Waals surface area (Å²) in [5.74, 6) is 2.05. The second kappa shape index (κ2) is 7.01. The molecule has 1 saturated carbocycles. The minimum Gasteiger partial charge on any atom is -0.497 e. The second-order valence-corrected chi connectivity index (χ2v) is 8.54. The molecule has 160 valence electrons. The molecule has 7 nitrogen and oxygen atoms in total. The molecule has 4 heterocycles. The van der Waals surface area contributed by atoms with Crippen LogP contribution in [0.25, 0.3) is 0 Å². The van der Waals surface area contributed by atoms with Crippen molar-refractivity contribution in [2.45, 2.75) is 37.3 Å². The molecule has 4 bridgehead atoms. The Labute approximate surface area is 176 Å². The Balaban J connectivity index is 1.68. The number of aliphatic imine (C=N–C) groups is 1. The molecule has 0 radical (unpaired) electrons. The minimum absolute atomic E-state index is 0.00736. The Bertz CT molecular complexity index is 942. The molecule has 1 unspecified atom stereocenters. The maximum atomic E-state index is 12.8. The van der Waals surface area contributed by atoms with E-state index >= 15 is 0 Å². The lowest BCUT2D eigenvalue weighted by Crippen LogP contribution is -2.54. The number of methoxy groups -OCH3 is 3. The number of likely N-dealkylation sites (tertiary alicyclic amines) is 1. The van der Waals surface area contributed by atoms with Crippen molar-refractivity contribution in [3.05, 3.63) is 35.4 Å². The highest BCUT2D eigenvalue weighted by molar-refractivity contribution is 5.97. The van der Waals surface area contributed by atoms with Crippen LogP contribution in [-0.4, -0.2) is 63.5 Å². The molecule has 7 heteroatoms. The molecule has 4 aliphatic heterocycles. The van der Waals surface area contributed by atoms with Crippen molar-refractivity contribution in [2.24, 2.45) is 16.8 Å². The van der Waals surface area contributed by atoms with E-state index in [-0.39, 0.29) is 24.2 Å². The van der Waals surface area contributed by atoms with Gasteiger partial charge in [-0.1, -0.05) is 17.7 Å². The van der Waals surface area contributed by atoms with E-state index in [1.165, 1.54) is 12.7 Å². The maximum absolute atomic E-state index is 12.8. The number of fused-ring (bicyclic) bond motifs is 2. The van der Waals surface area contributed by atoms with E-state index in [9.17, 15) is 4.79 Å². The lowest BCUT2D eigenvalue weighted by molar-refractivity contribution is -0.0601. The fraction of sp³-hybridized carbons (Fsp3) is 0.565. The molecule has 3 saturated heterocycles. The molecule has 1 spiro atoms. The molecule has 6 rings (SSSR count). The third kappa shape index (κ3) is 2.47. The predicted molar refractivity (Wildman–Crippen MR) is 111 cm³/mol. The Hall–Kier alpha value is -2.54. The van der Waals surface area contributed by atoms with Crippen LogP contribution < -0.4 is 4.74 Å². The van der Waals surface area contributed by atoms with E-state index in [1.807, 2.05) is 17.0 Å². The molecule has 0 N–H and O–H groups in total. The first kappa shape index (κ1) is 19.4. The van der Waals surface area contributed by atoms with Crippen LogP contribution in [0.5, 0.6) is 5.75 Å². The van der Waals surface area contributed by atoms with Crippen LogP contribution in [0.1, 0.15) is 25.3 Å². The maximum Gasteiger partial charge on any atom is 0.410 e. The largest absolute Gasteiger partial charge is 0.497 e. The molecule has 5 aliphatic rings. The smallest absolute Gasteiger partial charge is 0.410 e. The average Bonchev–Trinajstić information content (AvgIpc) is 2.95. The quantitative estimate of drug-likeness (QED) is 0.661. The lowest BCUT2D eigenvalue weighted by atomic mass is 9.72. The van der Waals surface area contributed by atoms with E-state index in [2.05, 4.69) is 19.1 Å². The zero-order chi connectivity index (χ0) is 21.0. The summed E-state index contributed by atoms with van der Waals surface area (Å²) in [4.78, 5) is 19.5. The Morgan fingerprint density at radius 2 is 2.13 bits per heavy atom. The predicted octanol–water partition coefficient (Wildman–Crippen LogP) is 3.44. The molecule has 30 heavy (non-hydrogen) atoms. The summed E-state index contributed by atoms with van der Waals surface area (Å²) < 4.78 is 22.9. The van der Waals surface area contributed by atoms with Crippen LogP contribution in [-0.2, 0) is 19.6 Å². The Morgan fingerprint density at radius 3 is 2.83 bits per heavy atom. The van der Waals surface area contributed by atoms with Gasteiger partial charge in [0.05, 0.1) is 39.7 Å². The van der Waals surface area contributed by atoms with Gasteiger partial charge in [-0.05, 0) is 37.3 Å². The standard InChI is InChI=1S/C23H28N2O5/c1-5-13-11-25(22(26)29-4)19-10-23(20-9-15(13)16(19)12-30-20)17-7-6-14(27-2)8-18(17)24-21(23)28-3/h5-8,15-16,19-20H,9-12H2,1-4H3/b13-5-/t15-,16?,19-,20-,23+/m0/s1. The third-order valence-electron chi connectivity index (χ3n) is 7.54. The highest BCUT2D eigenvalue weighted by Crippen LogP contribution is 2.57. The number of hydrogen-bond donors (Lipinski definition) is 0. The number of benzene rings is 1. The highest BCUT2D eigenvalue weighted by atomic mass is 16.5. The zero-order valence-electron chi connectivity index (χ0n) is 17.9. The minimum atomic E-state index is -0.528. The molecule has 1 aromatic rings. The fourth-order valence-corrected chi connectivity index (χ4v) is 6.14. The Kier molecular flexibility index (Phi) is 4.54. The molecule has 5 atom stereocenters. The summed E-state index contributed by atoms with van der Waals surface area (Å²) in [5.41, 5.74) is 2.70. The summed E-state index contributed by atoms with van der Waals surface area (Å²) in [6, 6.07) is 5.98. The summed E-state index contributed by atoms with van der Waals surface area (Å²) in [6.45, 7) is 3.28. The molecule has 1 aliphatic carbocycles. The first-order chi connectivity index (χ1) is 14.6. The van der Waals surface area contributed by atoms with Crippen molar-refractivity contribution in [2.75, 3.05) is 34.5 Å². The molecular formula is C23H28N2O5. The number of ether oxygens (including phenoxy) is 4. The van der Waals surface area contributed by atoms with Gasteiger partial charge in [-0.25, -0.2) is 9.79 Å². The van der Waals surface area contributed by atoms with Gasteiger partial charge in [-0.2, -0.15) is 0 Å². The van der Waals surface area contributed by atoms with Gasteiger partial charge in [0.1, 0.15) is 11.2 Å². The van der Waals surface area contributed by atoms with E-state index < -0.39 is 5.41 Å². The lowest BCUT2D eigenvalue weighted by Gasteiger charge is -2.46. The van der Waals surface area contributed by atoms with Crippen LogP contribution in [0.15, 0.2) is 34.8 Å². The van der Waals surface area contributed by atoms with Gasteiger partial charge >= 0.3 is 6.09 Å². The Morgan fingerprint density at radius 1 is 1.30 bits per heavy atom. The summed E-state index contributed by atoms with van der Waals surface area (Å²) in [6.07, 6.45) is 3.40. The van der Waals surface area contributed by atoms with E-state index in [0.717, 1.165) is 23.4 Å². The van der Waals surface area contributed by atoms with E-state index in [1.54, 1.807) is 14.2 Å². The van der Waals surface area contributed by atoms with Crippen molar-refractivity contribution in [3.8, 4) is 5.75 Å². The average molecular weight is 412 g/mol. The first-order valence-electron chi connectivity index (χ1n) is 10.5. The van der Waals surface area contributed by atoms with Gasteiger partial charge in [0.15, 0.2) is 0 Å². The second-order valence-electron chi connectivity index (χ2n) is 8.54. The number of rotatable bonds is 1. The van der Waals surface area contributed by atoms with Gasteiger partial charge in [0.25, 0.3) is 0 Å². The number of piperidine rings is 1. The molecule has 1 amide bonds. The molecule has 1 aromatic carbocycles. The van der Waals surface area contributed by atoms with Crippen LogP contribution in [0.2, 0.25) is 0 Å².